The minimum Gasteiger partial charge on any atom is -0.497 e. The Morgan fingerprint density at radius 3 is 2.90 bits per heavy atom. The summed E-state index contributed by atoms with van der Waals surface area (Å²) in [6.07, 6.45) is 0. The van der Waals surface area contributed by atoms with Gasteiger partial charge in [-0.05, 0) is 31.3 Å². The number of carbonyl (C=O) groups is 1. The molecule has 0 unspecified atom stereocenters. The van der Waals surface area contributed by atoms with Gasteiger partial charge in [0, 0.05) is 17.1 Å². The Hall–Kier alpha value is -3.65. The molecule has 0 bridgehead atoms. The summed E-state index contributed by atoms with van der Waals surface area (Å²) in [6.45, 7) is 0.432. The molecular weight excluding hydrogens is 372 g/mol. The van der Waals surface area contributed by atoms with Crippen LogP contribution in [0.15, 0.2) is 57.7 Å². The lowest BCUT2D eigenvalue weighted by Crippen LogP contribution is -2.31. The number of para-hydroxylation sites is 1. The number of hydrogen-bond acceptors (Lipinski definition) is 6. The first-order chi connectivity index (χ1) is 14.0. The molecule has 0 spiro atoms. The first-order valence-corrected chi connectivity index (χ1v) is 9.06. The Balaban J connectivity index is 1.48. The highest BCUT2D eigenvalue weighted by Crippen LogP contribution is 2.24. The molecule has 4 rings (SSSR count). The van der Waals surface area contributed by atoms with E-state index in [1.807, 2.05) is 18.2 Å². The molecule has 0 radical (unpaired) electrons. The molecule has 0 atom stereocenters. The van der Waals surface area contributed by atoms with Crippen LogP contribution in [0.25, 0.3) is 22.1 Å². The molecule has 0 saturated carbocycles. The molecule has 0 fully saturated rings. The number of rotatable bonds is 6. The van der Waals surface area contributed by atoms with E-state index in [1.54, 1.807) is 49.4 Å². The number of aromatic nitrogens is 2. The third-order valence-electron chi connectivity index (χ3n) is 4.47. The Bertz CT molecular complexity index is 1240. The van der Waals surface area contributed by atoms with Gasteiger partial charge in [-0.15, -0.1) is 0 Å². The highest BCUT2D eigenvalue weighted by molar-refractivity contribution is 6.01. The van der Waals surface area contributed by atoms with Crippen LogP contribution in [-0.2, 0) is 11.3 Å². The number of carbonyl (C=O) groups excluding carboxylic acids is 1. The van der Waals surface area contributed by atoms with Crippen molar-refractivity contribution in [2.75, 3.05) is 26.0 Å². The van der Waals surface area contributed by atoms with Crippen molar-refractivity contribution >= 4 is 33.7 Å². The second-order valence-electron chi connectivity index (χ2n) is 6.74. The van der Waals surface area contributed by atoms with Crippen LogP contribution in [-0.4, -0.2) is 41.5 Å². The summed E-state index contributed by atoms with van der Waals surface area (Å²) in [4.78, 5) is 33.7. The van der Waals surface area contributed by atoms with Gasteiger partial charge in [0.25, 0.3) is 5.56 Å². The van der Waals surface area contributed by atoms with Gasteiger partial charge in [-0.1, -0.05) is 18.2 Å². The quantitative estimate of drug-likeness (QED) is 0.523. The van der Waals surface area contributed by atoms with Gasteiger partial charge in [-0.25, -0.2) is 4.98 Å². The van der Waals surface area contributed by atoms with Crippen molar-refractivity contribution < 1.29 is 13.9 Å². The van der Waals surface area contributed by atoms with Crippen LogP contribution in [0.3, 0.4) is 0 Å². The fraction of sp³-hybridized carbons (Fsp3) is 0.190. The van der Waals surface area contributed by atoms with E-state index < -0.39 is 0 Å². The zero-order valence-corrected chi connectivity index (χ0v) is 16.1. The smallest absolute Gasteiger partial charge is 0.294 e. The number of furan rings is 1. The Labute approximate surface area is 166 Å². The van der Waals surface area contributed by atoms with Crippen LogP contribution in [0, 0.1) is 0 Å². The first-order valence-electron chi connectivity index (χ1n) is 9.06. The number of likely N-dealkylation sites (N-methyl/N-ethyl adjacent to an activating group) is 1. The summed E-state index contributed by atoms with van der Waals surface area (Å²) in [5.41, 5.74) is 1.65. The van der Waals surface area contributed by atoms with Crippen molar-refractivity contribution in [3.05, 3.63) is 64.7 Å². The number of anilines is 1. The minimum atomic E-state index is -0.338. The third kappa shape index (κ3) is 3.97. The molecule has 0 aliphatic carbocycles. The van der Waals surface area contributed by atoms with E-state index in [0.717, 1.165) is 5.39 Å². The first kappa shape index (κ1) is 18.7. The molecule has 2 N–H and O–H groups in total. The van der Waals surface area contributed by atoms with E-state index >= 15 is 0 Å². The van der Waals surface area contributed by atoms with Crippen molar-refractivity contribution in [3.63, 3.8) is 0 Å². The largest absolute Gasteiger partial charge is 0.497 e. The van der Waals surface area contributed by atoms with Gasteiger partial charge in [-0.2, -0.15) is 0 Å². The highest BCUT2D eigenvalue weighted by atomic mass is 16.5. The number of amides is 1. The van der Waals surface area contributed by atoms with Crippen LogP contribution in [0.5, 0.6) is 5.75 Å². The number of H-pyrrole nitrogens is 1. The summed E-state index contributed by atoms with van der Waals surface area (Å²) in [5, 5.41) is 3.61. The molecule has 0 aliphatic heterocycles. The standard InChI is InChI=1S/C21H20N4O4/c1-25(12-18(26)22-13-6-5-7-14(10-13)28-2)11-17-23-19-15-8-3-4-9-16(15)29-20(19)21(27)24-17/h3-10H,11-12H2,1-2H3,(H,22,26)(H,23,24,27). The number of benzene rings is 2. The molecule has 1 amide bonds. The molecule has 4 aromatic rings. The summed E-state index contributed by atoms with van der Waals surface area (Å²) < 4.78 is 10.8. The molecule has 2 aromatic heterocycles. The summed E-state index contributed by atoms with van der Waals surface area (Å²) in [7, 11) is 3.35. The van der Waals surface area contributed by atoms with Crippen LogP contribution < -0.4 is 15.6 Å². The molecule has 148 valence electrons. The number of ether oxygens (including phenoxy) is 1. The Morgan fingerprint density at radius 2 is 2.07 bits per heavy atom. The molecule has 2 aromatic carbocycles. The lowest BCUT2D eigenvalue weighted by atomic mass is 10.2. The normalized spacial score (nSPS) is 11.3. The SMILES string of the molecule is COc1cccc(NC(=O)CN(C)Cc2nc3c(oc4ccccc43)c(=O)[nH]2)c1. The van der Waals surface area contributed by atoms with Crippen LogP contribution in [0.2, 0.25) is 0 Å². The summed E-state index contributed by atoms with van der Waals surface area (Å²) in [5.74, 6) is 0.947. The summed E-state index contributed by atoms with van der Waals surface area (Å²) >= 11 is 0. The van der Waals surface area contributed by atoms with E-state index in [4.69, 9.17) is 9.15 Å². The lowest BCUT2D eigenvalue weighted by Gasteiger charge is -2.15. The molecule has 0 saturated heterocycles. The maximum Gasteiger partial charge on any atom is 0.294 e. The van der Waals surface area contributed by atoms with Gasteiger partial charge >= 0.3 is 0 Å². The van der Waals surface area contributed by atoms with Crippen LogP contribution >= 0.6 is 0 Å². The lowest BCUT2D eigenvalue weighted by molar-refractivity contribution is -0.117. The van der Waals surface area contributed by atoms with Crippen molar-refractivity contribution in [2.24, 2.45) is 0 Å². The second-order valence-corrected chi connectivity index (χ2v) is 6.74. The molecule has 29 heavy (non-hydrogen) atoms. The predicted molar refractivity (Wildman–Crippen MR) is 110 cm³/mol. The van der Waals surface area contributed by atoms with Gasteiger partial charge in [-0.3, -0.25) is 14.5 Å². The average Bonchev–Trinajstić information content (AvgIpc) is 3.07. The third-order valence-corrected chi connectivity index (χ3v) is 4.47. The number of nitrogens with zero attached hydrogens (tertiary/aromatic N) is 2. The van der Waals surface area contributed by atoms with E-state index in [-0.39, 0.29) is 23.6 Å². The average molecular weight is 392 g/mol. The van der Waals surface area contributed by atoms with E-state index in [1.165, 1.54) is 0 Å². The topological polar surface area (TPSA) is 100 Å². The molecule has 0 aliphatic rings. The molecule has 8 nitrogen and oxygen atoms in total. The molecule has 2 heterocycles. The van der Waals surface area contributed by atoms with Gasteiger partial charge in [0.1, 0.15) is 22.7 Å². The van der Waals surface area contributed by atoms with Crippen molar-refractivity contribution in [1.29, 1.82) is 0 Å². The van der Waals surface area contributed by atoms with Crippen LogP contribution in [0.1, 0.15) is 5.82 Å². The second kappa shape index (κ2) is 7.76. The van der Waals surface area contributed by atoms with E-state index in [0.29, 0.717) is 34.9 Å². The zero-order chi connectivity index (χ0) is 20.4. The Kier molecular flexibility index (Phi) is 5.01. The Morgan fingerprint density at radius 1 is 1.24 bits per heavy atom. The summed E-state index contributed by atoms with van der Waals surface area (Å²) in [6, 6.07) is 14.5. The van der Waals surface area contributed by atoms with Crippen molar-refractivity contribution in [2.45, 2.75) is 6.54 Å². The molecular formula is C21H20N4O4. The molecule has 8 heteroatoms. The van der Waals surface area contributed by atoms with Gasteiger partial charge in [0.05, 0.1) is 20.2 Å². The number of fused-ring (bicyclic) bond motifs is 3. The van der Waals surface area contributed by atoms with Gasteiger partial charge in [0.15, 0.2) is 0 Å². The number of hydrogen-bond donors (Lipinski definition) is 2. The van der Waals surface area contributed by atoms with Crippen molar-refractivity contribution in [1.82, 2.24) is 14.9 Å². The maximum absolute atomic E-state index is 12.4. The van der Waals surface area contributed by atoms with Crippen molar-refractivity contribution in [3.8, 4) is 5.75 Å². The van der Waals surface area contributed by atoms with E-state index in [2.05, 4.69) is 15.3 Å². The number of methoxy groups -OCH3 is 1. The predicted octanol–water partition coefficient (Wildman–Crippen LogP) is 2.75. The van der Waals surface area contributed by atoms with E-state index in [9.17, 15) is 9.59 Å². The number of nitrogens with one attached hydrogen (secondary N) is 2. The highest BCUT2D eigenvalue weighted by Gasteiger charge is 2.15. The maximum atomic E-state index is 12.4. The number of aromatic amines is 1. The van der Waals surface area contributed by atoms with Gasteiger partial charge < -0.3 is 19.5 Å². The fourth-order valence-corrected chi connectivity index (χ4v) is 3.18. The monoisotopic (exact) mass is 392 g/mol. The zero-order valence-electron chi connectivity index (χ0n) is 16.1. The van der Waals surface area contributed by atoms with Gasteiger partial charge in [0.2, 0.25) is 11.5 Å². The van der Waals surface area contributed by atoms with Crippen LogP contribution in [0.4, 0.5) is 5.69 Å². The fourth-order valence-electron chi connectivity index (χ4n) is 3.18. The minimum absolute atomic E-state index is 0.130.